The second-order valence-corrected chi connectivity index (χ2v) is 9.66. The summed E-state index contributed by atoms with van der Waals surface area (Å²) in [6.45, 7) is 0.462. The molecule has 0 atom stereocenters. The number of anilines is 1. The molecule has 174 valence electrons. The summed E-state index contributed by atoms with van der Waals surface area (Å²) in [4.78, 5) is 39.4. The third kappa shape index (κ3) is 4.50. The highest BCUT2D eigenvalue weighted by Crippen LogP contribution is 2.29. The van der Waals surface area contributed by atoms with Crippen LogP contribution in [0, 0.1) is 0 Å². The molecule has 0 bridgehead atoms. The molecule has 6 nitrogen and oxygen atoms in total. The van der Waals surface area contributed by atoms with E-state index in [4.69, 9.17) is 23.2 Å². The second kappa shape index (κ2) is 9.34. The minimum Gasteiger partial charge on any atom is -0.342 e. The number of barbiturate groups is 1. The van der Waals surface area contributed by atoms with Gasteiger partial charge in [-0.1, -0.05) is 63.4 Å². The average Bonchev–Trinajstić information content (AvgIpc) is 3.17. The van der Waals surface area contributed by atoms with Gasteiger partial charge in [0.2, 0.25) is 0 Å². The minimum atomic E-state index is -0.792. The summed E-state index contributed by atoms with van der Waals surface area (Å²) in [5.74, 6) is -1.44. The number of halogens is 3. The molecule has 2 heterocycles. The van der Waals surface area contributed by atoms with Crippen LogP contribution in [0.15, 0.2) is 83.0 Å². The van der Waals surface area contributed by atoms with Gasteiger partial charge in [-0.25, -0.2) is 9.69 Å². The second-order valence-electron chi connectivity index (χ2n) is 7.90. The Hall–Kier alpha value is -3.39. The Morgan fingerprint density at radius 2 is 1.69 bits per heavy atom. The topological polar surface area (TPSA) is 71.4 Å². The van der Waals surface area contributed by atoms with Crippen molar-refractivity contribution in [2.45, 2.75) is 6.54 Å². The minimum absolute atomic E-state index is 0.139. The summed E-state index contributed by atoms with van der Waals surface area (Å²) in [7, 11) is 0. The van der Waals surface area contributed by atoms with Crippen molar-refractivity contribution in [1.82, 2.24) is 9.88 Å². The summed E-state index contributed by atoms with van der Waals surface area (Å²) in [6, 6.07) is 18.8. The summed E-state index contributed by atoms with van der Waals surface area (Å²) in [5.41, 5.74) is 2.65. The molecular formula is C26H16BrCl2N3O3. The Labute approximate surface area is 218 Å². The standard InChI is InChI=1S/C26H16BrCl2N3O3/c27-17-6-9-19(10-7-17)32-25(34)21(24(33)30-26(32)35)11-16-14-31(23-4-2-1-3-20(16)23)13-15-5-8-18(28)12-22(15)29/h1-12,14H,13H2,(H,30,33,35)/b21-11+. The number of hydrogen-bond acceptors (Lipinski definition) is 3. The Kier molecular flexibility index (Phi) is 6.23. The maximum Gasteiger partial charge on any atom is 0.335 e. The number of hydrogen-bond donors (Lipinski definition) is 1. The zero-order chi connectivity index (χ0) is 24.7. The molecule has 0 spiro atoms. The maximum absolute atomic E-state index is 13.3. The quantitative estimate of drug-likeness (QED) is 0.228. The van der Waals surface area contributed by atoms with Gasteiger partial charge in [0.1, 0.15) is 5.57 Å². The fourth-order valence-corrected chi connectivity index (χ4v) is 4.72. The molecule has 1 aliphatic rings. The first-order valence-electron chi connectivity index (χ1n) is 10.5. The average molecular weight is 569 g/mol. The predicted molar refractivity (Wildman–Crippen MR) is 141 cm³/mol. The molecule has 4 aromatic rings. The molecule has 9 heteroatoms. The monoisotopic (exact) mass is 567 g/mol. The molecule has 4 amide bonds. The summed E-state index contributed by atoms with van der Waals surface area (Å²) in [6.07, 6.45) is 3.36. The van der Waals surface area contributed by atoms with E-state index in [0.717, 1.165) is 25.8 Å². The molecule has 0 saturated carbocycles. The number of para-hydroxylation sites is 1. The number of carbonyl (C=O) groups excluding carboxylic acids is 3. The van der Waals surface area contributed by atoms with Gasteiger partial charge in [0.05, 0.1) is 5.69 Å². The lowest BCUT2D eigenvalue weighted by Gasteiger charge is -2.26. The molecule has 35 heavy (non-hydrogen) atoms. The van der Waals surface area contributed by atoms with E-state index in [2.05, 4.69) is 21.2 Å². The third-order valence-corrected chi connectivity index (χ3v) is 6.78. The third-order valence-electron chi connectivity index (χ3n) is 5.66. The van der Waals surface area contributed by atoms with E-state index in [1.165, 1.54) is 6.08 Å². The predicted octanol–water partition coefficient (Wildman–Crippen LogP) is 6.43. The van der Waals surface area contributed by atoms with Crippen LogP contribution in [0.25, 0.3) is 17.0 Å². The van der Waals surface area contributed by atoms with Crippen LogP contribution in [0.3, 0.4) is 0 Å². The van der Waals surface area contributed by atoms with Crippen molar-refractivity contribution in [3.8, 4) is 0 Å². The molecular weight excluding hydrogens is 553 g/mol. The Bertz CT molecular complexity index is 1540. The van der Waals surface area contributed by atoms with Gasteiger partial charge in [0.15, 0.2) is 0 Å². The number of nitrogens with zero attached hydrogens (tertiary/aromatic N) is 2. The van der Waals surface area contributed by atoms with Crippen molar-refractivity contribution < 1.29 is 14.4 Å². The Balaban J connectivity index is 1.57. The van der Waals surface area contributed by atoms with E-state index in [1.54, 1.807) is 36.4 Å². The van der Waals surface area contributed by atoms with Gasteiger partial charge in [-0.15, -0.1) is 0 Å². The van der Waals surface area contributed by atoms with Crippen molar-refractivity contribution >= 4 is 79.6 Å². The number of rotatable bonds is 4. The fraction of sp³-hybridized carbons (Fsp3) is 0.0385. The Morgan fingerprint density at radius 3 is 2.43 bits per heavy atom. The van der Waals surface area contributed by atoms with E-state index in [0.29, 0.717) is 27.8 Å². The van der Waals surface area contributed by atoms with Crippen molar-refractivity contribution in [3.63, 3.8) is 0 Å². The lowest BCUT2D eigenvalue weighted by molar-refractivity contribution is -0.122. The summed E-state index contributed by atoms with van der Waals surface area (Å²) < 4.78 is 2.78. The number of fused-ring (bicyclic) bond motifs is 1. The zero-order valence-corrected chi connectivity index (χ0v) is 21.1. The van der Waals surface area contributed by atoms with Crippen LogP contribution in [-0.2, 0) is 16.1 Å². The summed E-state index contributed by atoms with van der Waals surface area (Å²) >= 11 is 15.7. The molecule has 5 rings (SSSR count). The maximum atomic E-state index is 13.3. The number of urea groups is 1. The van der Waals surface area contributed by atoms with E-state index in [9.17, 15) is 14.4 Å². The van der Waals surface area contributed by atoms with E-state index < -0.39 is 17.8 Å². The zero-order valence-electron chi connectivity index (χ0n) is 18.0. The lowest BCUT2D eigenvalue weighted by Crippen LogP contribution is -2.54. The summed E-state index contributed by atoms with van der Waals surface area (Å²) in [5, 5.41) is 4.20. The van der Waals surface area contributed by atoms with Crippen LogP contribution in [-0.4, -0.2) is 22.4 Å². The molecule has 0 aliphatic carbocycles. The van der Waals surface area contributed by atoms with Crippen molar-refractivity contribution in [2.24, 2.45) is 0 Å². The van der Waals surface area contributed by atoms with Crippen molar-refractivity contribution in [2.75, 3.05) is 4.90 Å². The number of imide groups is 2. The van der Waals surface area contributed by atoms with Gasteiger partial charge in [-0.05, 0) is 54.1 Å². The first-order valence-corrected chi connectivity index (χ1v) is 12.1. The molecule has 1 saturated heterocycles. The highest BCUT2D eigenvalue weighted by Gasteiger charge is 2.37. The number of amides is 4. The van der Waals surface area contributed by atoms with Crippen LogP contribution in [0.5, 0.6) is 0 Å². The van der Waals surface area contributed by atoms with Crippen molar-refractivity contribution in [1.29, 1.82) is 0 Å². The number of carbonyl (C=O) groups is 3. The largest absolute Gasteiger partial charge is 0.342 e. The SMILES string of the molecule is O=C1NC(=O)N(c2ccc(Br)cc2)C(=O)/C1=C/c1cn(Cc2ccc(Cl)cc2Cl)c2ccccc12. The lowest BCUT2D eigenvalue weighted by atomic mass is 10.1. The molecule has 0 radical (unpaired) electrons. The van der Waals surface area contributed by atoms with Crippen LogP contribution >= 0.6 is 39.1 Å². The van der Waals surface area contributed by atoms with Gasteiger partial charge >= 0.3 is 6.03 Å². The number of nitrogens with one attached hydrogen (secondary N) is 1. The first-order chi connectivity index (χ1) is 16.8. The molecule has 1 fully saturated rings. The molecule has 0 unspecified atom stereocenters. The molecule has 1 aliphatic heterocycles. The van der Waals surface area contributed by atoms with Crippen LogP contribution in [0.1, 0.15) is 11.1 Å². The Morgan fingerprint density at radius 1 is 0.943 bits per heavy atom. The molecule has 1 aromatic heterocycles. The van der Waals surface area contributed by atoms with Crippen LogP contribution < -0.4 is 10.2 Å². The van der Waals surface area contributed by atoms with Crippen LogP contribution in [0.2, 0.25) is 10.0 Å². The van der Waals surface area contributed by atoms with Crippen molar-refractivity contribution in [3.05, 3.63) is 104 Å². The highest BCUT2D eigenvalue weighted by molar-refractivity contribution is 9.10. The van der Waals surface area contributed by atoms with Gasteiger partial charge in [-0.3, -0.25) is 14.9 Å². The van der Waals surface area contributed by atoms with E-state index in [1.807, 2.05) is 41.1 Å². The highest BCUT2D eigenvalue weighted by atomic mass is 79.9. The van der Waals surface area contributed by atoms with Crippen LogP contribution in [0.4, 0.5) is 10.5 Å². The van der Waals surface area contributed by atoms with Gasteiger partial charge in [0.25, 0.3) is 11.8 Å². The molecule has 1 N–H and O–H groups in total. The normalized spacial score (nSPS) is 15.2. The first kappa shape index (κ1) is 23.4. The van der Waals surface area contributed by atoms with E-state index >= 15 is 0 Å². The fourth-order valence-electron chi connectivity index (χ4n) is 3.99. The number of aromatic nitrogens is 1. The van der Waals surface area contributed by atoms with Gasteiger partial charge < -0.3 is 4.57 Å². The van der Waals surface area contributed by atoms with E-state index in [-0.39, 0.29) is 5.57 Å². The van der Waals surface area contributed by atoms with Gasteiger partial charge in [-0.2, -0.15) is 0 Å². The molecule has 3 aromatic carbocycles. The number of benzene rings is 3. The van der Waals surface area contributed by atoms with Gasteiger partial charge in [0, 0.05) is 43.7 Å². The smallest absolute Gasteiger partial charge is 0.335 e.